The molecule has 4 rings (SSSR count). The van der Waals surface area contributed by atoms with Crippen molar-refractivity contribution in [2.24, 2.45) is 4.30 Å². The molecule has 11 nitrogen and oxygen atoms in total. The van der Waals surface area contributed by atoms with E-state index in [-0.39, 0.29) is 11.4 Å². The third-order valence-electron chi connectivity index (χ3n) is 6.08. The van der Waals surface area contributed by atoms with Crippen LogP contribution in [0.1, 0.15) is 64.1 Å². The van der Waals surface area contributed by atoms with Crippen molar-refractivity contribution in [2.45, 2.75) is 65.0 Å². The van der Waals surface area contributed by atoms with Gasteiger partial charge in [-0.05, 0) is 78.3 Å². The van der Waals surface area contributed by atoms with Crippen LogP contribution in [-0.4, -0.2) is 54.4 Å². The third kappa shape index (κ3) is 8.92. The molecule has 241 valence electrons. The monoisotopic (exact) mass is 708 g/mol. The molecule has 0 fully saturated rings. The predicted molar refractivity (Wildman–Crippen MR) is 184 cm³/mol. The Morgan fingerprint density at radius 3 is 1.59 bits per heavy atom. The molecule has 1 radical (unpaired) electrons. The minimum atomic E-state index is -0.639. The Balaban J connectivity index is 0.000000295. The van der Waals surface area contributed by atoms with Crippen LogP contribution in [0.3, 0.4) is 0 Å². The molecule has 0 aliphatic carbocycles. The van der Waals surface area contributed by atoms with Crippen molar-refractivity contribution in [2.75, 3.05) is 14.2 Å². The van der Waals surface area contributed by atoms with Gasteiger partial charge in [-0.1, -0.05) is 28.1 Å². The zero-order valence-corrected chi connectivity index (χ0v) is 29.7. The van der Waals surface area contributed by atoms with Crippen molar-refractivity contribution in [1.29, 1.82) is 10.5 Å². The Bertz CT molecular complexity index is 1840. The number of carbonyl (C=O) groups is 2. The first-order chi connectivity index (χ1) is 21.5. The number of hydrogen-bond donors (Lipinski definition) is 1. The number of benzene rings is 2. The molecule has 2 aromatic carbocycles. The number of hydrogen-bond acceptors (Lipinski definition) is 10. The number of carbonyl (C=O) groups excluding carboxylic acids is 2. The topological polar surface area (TPSA) is 141 Å². The Hall–Kier alpha value is -4.27. The third-order valence-corrected chi connectivity index (χ3v) is 6.69. The number of fused-ring (bicyclic) bond motifs is 2. The quantitative estimate of drug-likeness (QED) is 0.128. The summed E-state index contributed by atoms with van der Waals surface area (Å²) < 4.78 is 26.8. The first kappa shape index (κ1) is 37.9. The van der Waals surface area contributed by atoms with Crippen LogP contribution in [0.5, 0.6) is 11.5 Å². The van der Waals surface area contributed by atoms with Gasteiger partial charge in [-0.2, -0.15) is 10.5 Å². The number of nitriles is 2. The van der Waals surface area contributed by atoms with Crippen molar-refractivity contribution in [3.63, 3.8) is 0 Å². The van der Waals surface area contributed by atoms with Crippen LogP contribution in [0, 0.1) is 29.6 Å². The Labute approximate surface area is 283 Å². The van der Waals surface area contributed by atoms with Crippen LogP contribution in [0.15, 0.2) is 40.7 Å². The van der Waals surface area contributed by atoms with Crippen molar-refractivity contribution in [1.82, 2.24) is 9.13 Å². The van der Waals surface area contributed by atoms with Crippen LogP contribution in [0.4, 0.5) is 9.59 Å². The number of ether oxygens (including phenoxy) is 4. The summed E-state index contributed by atoms with van der Waals surface area (Å²) in [5.41, 5.74) is 2.25. The fraction of sp³-hybridized carbons (Fsp3) is 0.375. The van der Waals surface area contributed by atoms with Crippen molar-refractivity contribution >= 4 is 70.4 Å². The fourth-order valence-corrected chi connectivity index (χ4v) is 4.90. The average Bonchev–Trinajstić information content (AvgIpc) is 3.54. The second-order valence-corrected chi connectivity index (χ2v) is 12.5. The summed E-state index contributed by atoms with van der Waals surface area (Å²) in [5.74, 6) is 1.31. The van der Waals surface area contributed by atoms with Gasteiger partial charge in [-0.15, -0.1) is 0 Å². The van der Waals surface area contributed by atoms with E-state index in [0.29, 0.717) is 33.2 Å². The number of nitrogens with zero attached hydrogens (tertiary/aromatic N) is 5. The van der Waals surface area contributed by atoms with E-state index in [1.165, 1.54) is 9.13 Å². The van der Waals surface area contributed by atoms with Gasteiger partial charge < -0.3 is 18.9 Å². The number of rotatable bonds is 3. The van der Waals surface area contributed by atoms with Gasteiger partial charge in [0.2, 0.25) is 0 Å². The summed E-state index contributed by atoms with van der Waals surface area (Å²) >= 11 is 6.59. The van der Waals surface area contributed by atoms with E-state index < -0.39 is 23.4 Å². The molecule has 2 heterocycles. The molecule has 14 heteroatoms. The molecular formula is C32H36BBrN5O6S. The van der Waals surface area contributed by atoms with E-state index in [1.54, 1.807) is 80.0 Å². The summed E-state index contributed by atoms with van der Waals surface area (Å²) in [6, 6.07) is 14.6. The normalized spacial score (nSPS) is 10.8. The van der Waals surface area contributed by atoms with E-state index >= 15 is 0 Å². The number of alkyl halides is 1. The van der Waals surface area contributed by atoms with Crippen molar-refractivity contribution < 1.29 is 28.5 Å². The molecule has 0 saturated carbocycles. The molecule has 0 aliphatic heterocycles. The molecule has 0 unspecified atom stereocenters. The SMILES string of the molecule is COc1c(C)ccc2c1cc(C#N)n2C(=O)OC(C)(C)C.COc1c(CBr)ccc2c1cc(C#N)n2C(=O)OC(C)(C)C.[B]=NS. The molecule has 4 aromatic rings. The van der Waals surface area contributed by atoms with E-state index in [0.717, 1.165) is 16.5 Å². The van der Waals surface area contributed by atoms with Gasteiger partial charge in [0, 0.05) is 21.7 Å². The van der Waals surface area contributed by atoms with Gasteiger partial charge in [-0.3, -0.25) is 0 Å². The number of halogens is 1. The van der Waals surface area contributed by atoms with Crippen LogP contribution in [0.25, 0.3) is 21.8 Å². The van der Waals surface area contributed by atoms with Crippen molar-refractivity contribution in [3.8, 4) is 23.6 Å². The number of methoxy groups -OCH3 is 2. The van der Waals surface area contributed by atoms with Gasteiger partial charge in [0.15, 0.2) is 0 Å². The second kappa shape index (κ2) is 15.8. The molecule has 0 aliphatic rings. The first-order valence-electron chi connectivity index (χ1n) is 13.8. The molecule has 0 N–H and O–H groups in total. The molecule has 0 bridgehead atoms. The van der Waals surface area contributed by atoms with Gasteiger partial charge in [0.05, 0.1) is 25.3 Å². The van der Waals surface area contributed by atoms with Crippen LogP contribution < -0.4 is 9.47 Å². The second-order valence-electron chi connectivity index (χ2n) is 11.7. The number of thiol groups is 1. The zero-order chi connectivity index (χ0) is 35.0. The minimum absolute atomic E-state index is 0.217. The molecule has 0 amide bonds. The fourth-order valence-electron chi connectivity index (χ4n) is 4.45. The van der Waals surface area contributed by atoms with E-state index in [1.807, 2.05) is 31.2 Å². The zero-order valence-electron chi connectivity index (χ0n) is 27.3. The summed E-state index contributed by atoms with van der Waals surface area (Å²) in [6.45, 7) is 12.6. The Morgan fingerprint density at radius 2 is 1.24 bits per heavy atom. The van der Waals surface area contributed by atoms with E-state index in [4.69, 9.17) is 18.9 Å². The van der Waals surface area contributed by atoms with E-state index in [9.17, 15) is 20.1 Å². The average molecular weight is 709 g/mol. The maximum absolute atomic E-state index is 12.4. The maximum atomic E-state index is 12.4. The summed E-state index contributed by atoms with van der Waals surface area (Å²) in [5, 5.41) is 20.7. The summed E-state index contributed by atoms with van der Waals surface area (Å²) in [6.07, 6.45) is -1.15. The van der Waals surface area contributed by atoms with Crippen LogP contribution in [-0.2, 0) is 14.8 Å². The molecule has 46 heavy (non-hydrogen) atoms. The predicted octanol–water partition coefficient (Wildman–Crippen LogP) is 8.00. The van der Waals surface area contributed by atoms with Crippen molar-refractivity contribution in [3.05, 3.63) is 58.9 Å². The first-order valence-corrected chi connectivity index (χ1v) is 15.3. The molecular weight excluding hydrogens is 673 g/mol. The van der Waals surface area contributed by atoms with Crippen LogP contribution in [0.2, 0.25) is 0 Å². The Kier molecular flexibility index (Phi) is 13.1. The van der Waals surface area contributed by atoms with E-state index in [2.05, 4.69) is 40.7 Å². The van der Waals surface area contributed by atoms with Crippen LogP contribution >= 0.6 is 28.7 Å². The molecule has 0 atom stereocenters. The molecule has 0 saturated heterocycles. The number of aryl methyl sites for hydroxylation is 1. The standard InChI is InChI=1S/C16H17BrN2O3.C16H18N2O3.BHNS/c1-16(2,3)22-15(20)19-11(9-18)7-12-13(19)6-5-10(8-17)14(12)21-4;1-10-6-7-13-12(14(10)20-5)8-11(9-17)18(13)15(19)21-16(2,3)4;1-2-3/h5-7H,8H2,1-4H3;6-8H,1-5H3;3H. The van der Waals surface area contributed by atoms with Gasteiger partial charge >= 0.3 is 36.9 Å². The van der Waals surface area contributed by atoms with Gasteiger partial charge in [-0.25, -0.2) is 18.7 Å². The Morgan fingerprint density at radius 1 is 0.848 bits per heavy atom. The molecule has 0 spiro atoms. The molecule has 2 aromatic heterocycles. The van der Waals surface area contributed by atoms with Gasteiger partial charge in [0.25, 0.3) is 0 Å². The van der Waals surface area contributed by atoms with Gasteiger partial charge in [0.1, 0.15) is 46.2 Å². The summed E-state index contributed by atoms with van der Waals surface area (Å²) in [4.78, 5) is 24.8. The summed E-state index contributed by atoms with van der Waals surface area (Å²) in [7, 11) is 7.47. The number of aromatic nitrogens is 2.